The number of hydrogen-bond acceptors (Lipinski definition) is 4. The standard InChI is InChI=1S/C14H14Cl2N4O/c15-12-2-1-11(7-13(12)16)19-14(21)10(8-17)9-20-5-3-18-4-6-20/h1-2,7,9,18H,3-6H2,(H,19,21)/b10-9-. The van der Waals surface area contributed by atoms with Gasteiger partial charge in [0.15, 0.2) is 0 Å². The van der Waals surface area contributed by atoms with Crippen LogP contribution in [0.15, 0.2) is 30.0 Å². The number of nitrogens with one attached hydrogen (secondary N) is 2. The zero-order valence-electron chi connectivity index (χ0n) is 11.2. The van der Waals surface area contributed by atoms with Crippen LogP contribution in [-0.2, 0) is 4.79 Å². The van der Waals surface area contributed by atoms with Crippen LogP contribution in [0.1, 0.15) is 0 Å². The Morgan fingerprint density at radius 2 is 2.05 bits per heavy atom. The molecule has 7 heteroatoms. The molecule has 110 valence electrons. The predicted molar refractivity (Wildman–Crippen MR) is 83.2 cm³/mol. The first-order valence-electron chi connectivity index (χ1n) is 6.43. The smallest absolute Gasteiger partial charge is 0.267 e. The number of piperazine rings is 1. The molecule has 1 aromatic carbocycles. The van der Waals surface area contributed by atoms with Crippen molar-refractivity contribution in [3.8, 4) is 6.07 Å². The van der Waals surface area contributed by atoms with E-state index in [4.69, 9.17) is 28.5 Å². The molecule has 0 aromatic heterocycles. The number of amides is 1. The SMILES string of the molecule is N#C/C(=C/N1CCNCC1)C(=O)Nc1ccc(Cl)c(Cl)c1. The number of halogens is 2. The van der Waals surface area contributed by atoms with Gasteiger partial charge in [-0.2, -0.15) is 5.26 Å². The first-order valence-corrected chi connectivity index (χ1v) is 7.19. The molecular weight excluding hydrogens is 311 g/mol. The fourth-order valence-corrected chi connectivity index (χ4v) is 2.20. The number of rotatable bonds is 3. The third-order valence-electron chi connectivity index (χ3n) is 3.01. The van der Waals surface area contributed by atoms with Crippen LogP contribution in [-0.4, -0.2) is 37.0 Å². The van der Waals surface area contributed by atoms with Crippen LogP contribution in [0.2, 0.25) is 10.0 Å². The second-order valence-electron chi connectivity index (χ2n) is 4.52. The molecule has 1 amide bonds. The van der Waals surface area contributed by atoms with E-state index in [-0.39, 0.29) is 5.57 Å². The first-order chi connectivity index (χ1) is 10.1. The average molecular weight is 325 g/mol. The van der Waals surface area contributed by atoms with Crippen molar-refractivity contribution in [2.45, 2.75) is 0 Å². The molecule has 5 nitrogen and oxygen atoms in total. The largest absolute Gasteiger partial charge is 0.374 e. The molecule has 1 heterocycles. The van der Waals surface area contributed by atoms with Gasteiger partial charge in [-0.1, -0.05) is 23.2 Å². The first kappa shape index (κ1) is 15.6. The Kier molecular flexibility index (Phi) is 5.45. The van der Waals surface area contributed by atoms with Crippen LogP contribution in [0.4, 0.5) is 5.69 Å². The predicted octanol–water partition coefficient (Wildman–Crippen LogP) is 2.24. The lowest BCUT2D eigenvalue weighted by molar-refractivity contribution is -0.112. The molecule has 2 rings (SSSR count). The normalized spacial score (nSPS) is 15.5. The molecule has 0 spiro atoms. The van der Waals surface area contributed by atoms with Gasteiger partial charge in [0.1, 0.15) is 11.6 Å². The molecule has 0 unspecified atom stereocenters. The summed E-state index contributed by atoms with van der Waals surface area (Å²) in [5, 5.41) is 15.7. The molecule has 1 aliphatic rings. The molecular formula is C14H14Cl2N4O. The Morgan fingerprint density at radius 3 is 2.67 bits per heavy atom. The lowest BCUT2D eigenvalue weighted by Crippen LogP contribution is -2.41. The van der Waals surface area contributed by atoms with Crippen molar-refractivity contribution >= 4 is 34.8 Å². The van der Waals surface area contributed by atoms with Gasteiger partial charge in [-0.15, -0.1) is 0 Å². The van der Waals surface area contributed by atoms with Gasteiger partial charge in [0.05, 0.1) is 10.0 Å². The highest BCUT2D eigenvalue weighted by atomic mass is 35.5. The number of nitrogens with zero attached hydrogens (tertiary/aromatic N) is 2. The number of anilines is 1. The molecule has 0 aliphatic carbocycles. The Bertz CT molecular complexity index is 603. The van der Waals surface area contributed by atoms with Crippen LogP contribution in [0, 0.1) is 11.3 Å². The summed E-state index contributed by atoms with van der Waals surface area (Å²) in [6.45, 7) is 3.21. The summed E-state index contributed by atoms with van der Waals surface area (Å²) in [6, 6.07) is 6.69. The van der Waals surface area contributed by atoms with E-state index in [1.807, 2.05) is 11.0 Å². The Hall–Kier alpha value is -1.74. The fourth-order valence-electron chi connectivity index (χ4n) is 1.90. The minimum absolute atomic E-state index is 0.0583. The number of carbonyl (C=O) groups excluding carboxylic acids is 1. The van der Waals surface area contributed by atoms with Crippen LogP contribution in [0.3, 0.4) is 0 Å². The highest BCUT2D eigenvalue weighted by Crippen LogP contribution is 2.25. The molecule has 21 heavy (non-hydrogen) atoms. The van der Waals surface area contributed by atoms with E-state index in [0.717, 1.165) is 26.2 Å². The number of nitriles is 1. The highest BCUT2D eigenvalue weighted by Gasteiger charge is 2.13. The lowest BCUT2D eigenvalue weighted by atomic mass is 10.2. The summed E-state index contributed by atoms with van der Waals surface area (Å²) >= 11 is 11.7. The topological polar surface area (TPSA) is 68.2 Å². The third-order valence-corrected chi connectivity index (χ3v) is 3.74. The van der Waals surface area contributed by atoms with E-state index in [1.165, 1.54) is 0 Å². The molecule has 1 aliphatic heterocycles. The van der Waals surface area contributed by atoms with E-state index in [9.17, 15) is 4.79 Å². The van der Waals surface area contributed by atoms with Gasteiger partial charge in [-0.25, -0.2) is 0 Å². The zero-order chi connectivity index (χ0) is 15.2. The molecule has 1 fully saturated rings. The molecule has 2 N–H and O–H groups in total. The van der Waals surface area contributed by atoms with Gasteiger partial charge in [0.25, 0.3) is 5.91 Å². The van der Waals surface area contributed by atoms with Crippen LogP contribution >= 0.6 is 23.2 Å². The monoisotopic (exact) mass is 324 g/mol. The van der Waals surface area contributed by atoms with Crippen LogP contribution < -0.4 is 10.6 Å². The highest BCUT2D eigenvalue weighted by molar-refractivity contribution is 6.42. The van der Waals surface area contributed by atoms with Crippen molar-refractivity contribution in [2.24, 2.45) is 0 Å². The lowest BCUT2D eigenvalue weighted by Gasteiger charge is -2.26. The van der Waals surface area contributed by atoms with Gasteiger partial charge < -0.3 is 15.5 Å². The molecule has 1 saturated heterocycles. The van der Waals surface area contributed by atoms with Gasteiger partial charge in [0.2, 0.25) is 0 Å². The second-order valence-corrected chi connectivity index (χ2v) is 5.34. The maximum absolute atomic E-state index is 12.1. The quantitative estimate of drug-likeness (QED) is 0.661. The summed E-state index contributed by atoms with van der Waals surface area (Å²) in [4.78, 5) is 14.0. The summed E-state index contributed by atoms with van der Waals surface area (Å²) in [6.07, 6.45) is 1.59. The summed E-state index contributed by atoms with van der Waals surface area (Å²) in [5.74, 6) is -0.463. The minimum atomic E-state index is -0.463. The second kappa shape index (κ2) is 7.32. The van der Waals surface area contributed by atoms with Gasteiger partial charge in [-0.3, -0.25) is 4.79 Å². The summed E-state index contributed by atoms with van der Waals surface area (Å²) < 4.78 is 0. The molecule has 0 radical (unpaired) electrons. The summed E-state index contributed by atoms with van der Waals surface area (Å²) in [5.41, 5.74) is 0.554. The van der Waals surface area contributed by atoms with Crippen molar-refractivity contribution in [2.75, 3.05) is 31.5 Å². The minimum Gasteiger partial charge on any atom is -0.374 e. The van der Waals surface area contributed by atoms with Crippen molar-refractivity contribution in [3.63, 3.8) is 0 Å². The maximum Gasteiger partial charge on any atom is 0.267 e. The molecule has 0 atom stereocenters. The van der Waals surface area contributed by atoms with Crippen LogP contribution in [0.25, 0.3) is 0 Å². The zero-order valence-corrected chi connectivity index (χ0v) is 12.7. The molecule has 0 bridgehead atoms. The van der Waals surface area contributed by atoms with Crippen molar-refractivity contribution in [1.29, 1.82) is 5.26 Å². The van der Waals surface area contributed by atoms with Gasteiger partial charge in [0, 0.05) is 38.1 Å². The average Bonchev–Trinajstić information content (AvgIpc) is 2.49. The van der Waals surface area contributed by atoms with E-state index >= 15 is 0 Å². The van der Waals surface area contributed by atoms with Gasteiger partial charge >= 0.3 is 0 Å². The number of hydrogen-bond donors (Lipinski definition) is 2. The molecule has 0 saturated carbocycles. The van der Waals surface area contributed by atoms with Gasteiger partial charge in [-0.05, 0) is 18.2 Å². The van der Waals surface area contributed by atoms with Crippen molar-refractivity contribution in [1.82, 2.24) is 10.2 Å². The van der Waals surface area contributed by atoms with E-state index in [1.54, 1.807) is 24.4 Å². The number of benzene rings is 1. The van der Waals surface area contributed by atoms with E-state index in [2.05, 4.69) is 10.6 Å². The van der Waals surface area contributed by atoms with Crippen LogP contribution in [0.5, 0.6) is 0 Å². The Labute approximate surface area is 133 Å². The third kappa shape index (κ3) is 4.36. The number of carbonyl (C=O) groups is 1. The van der Waals surface area contributed by atoms with Crippen molar-refractivity contribution in [3.05, 3.63) is 40.0 Å². The Balaban J connectivity index is 2.07. The van der Waals surface area contributed by atoms with Crippen molar-refractivity contribution < 1.29 is 4.79 Å². The summed E-state index contributed by atoms with van der Waals surface area (Å²) in [7, 11) is 0. The van der Waals surface area contributed by atoms with E-state index < -0.39 is 5.91 Å². The fraction of sp³-hybridized carbons (Fsp3) is 0.286. The Morgan fingerprint density at radius 1 is 1.33 bits per heavy atom. The van der Waals surface area contributed by atoms with E-state index in [0.29, 0.717) is 15.7 Å². The molecule has 1 aromatic rings. The maximum atomic E-state index is 12.1.